The lowest BCUT2D eigenvalue weighted by molar-refractivity contribution is 0.0410. The van der Waals surface area contributed by atoms with Crippen molar-refractivity contribution in [3.05, 3.63) is 41.5 Å². The molecule has 0 spiro atoms. The first-order valence-electron chi connectivity index (χ1n) is 9.10. The van der Waals surface area contributed by atoms with E-state index < -0.39 is 5.60 Å². The van der Waals surface area contributed by atoms with Gasteiger partial charge in [-0.15, -0.1) is 0 Å². The minimum absolute atomic E-state index is 0.228. The highest BCUT2D eigenvalue weighted by molar-refractivity contribution is 5.75. The molecular formula is C21H29NO2. The van der Waals surface area contributed by atoms with Gasteiger partial charge in [-0.2, -0.15) is 0 Å². The first-order chi connectivity index (χ1) is 11.3. The molecule has 0 heterocycles. The fraction of sp³-hybridized carbons (Fsp3) is 0.571. The molecule has 2 aliphatic rings. The average molecular weight is 327 g/mol. The van der Waals surface area contributed by atoms with E-state index >= 15 is 0 Å². The summed E-state index contributed by atoms with van der Waals surface area (Å²) in [6.45, 7) is 7.90. The molecule has 0 radical (unpaired) electrons. The van der Waals surface area contributed by atoms with E-state index in [0.717, 1.165) is 25.7 Å². The highest BCUT2D eigenvalue weighted by atomic mass is 16.6. The first-order valence-corrected chi connectivity index (χ1v) is 9.10. The third kappa shape index (κ3) is 3.35. The minimum Gasteiger partial charge on any atom is -0.444 e. The van der Waals surface area contributed by atoms with Gasteiger partial charge in [-0.1, -0.05) is 49.6 Å². The Kier molecular flexibility index (Phi) is 4.46. The molecule has 1 atom stereocenters. The lowest BCUT2D eigenvalue weighted by Crippen LogP contribution is -2.54. The Bertz CT molecular complexity index is 648. The molecule has 3 heteroatoms. The van der Waals surface area contributed by atoms with E-state index in [1.807, 2.05) is 20.8 Å². The minimum atomic E-state index is -0.473. The van der Waals surface area contributed by atoms with Gasteiger partial charge in [0.2, 0.25) is 0 Å². The lowest BCUT2D eigenvalue weighted by Gasteiger charge is -2.43. The van der Waals surface area contributed by atoms with Gasteiger partial charge >= 0.3 is 6.09 Å². The molecule has 1 fully saturated rings. The Morgan fingerprint density at radius 2 is 1.83 bits per heavy atom. The second-order valence-electron chi connectivity index (χ2n) is 8.26. The van der Waals surface area contributed by atoms with E-state index in [1.54, 1.807) is 0 Å². The molecule has 1 unspecified atom stereocenters. The molecule has 0 aromatic heterocycles. The van der Waals surface area contributed by atoms with Crippen LogP contribution in [-0.2, 0) is 4.74 Å². The fourth-order valence-corrected chi connectivity index (χ4v) is 4.22. The number of ether oxygens (including phenoxy) is 1. The summed E-state index contributed by atoms with van der Waals surface area (Å²) < 4.78 is 5.57. The van der Waals surface area contributed by atoms with E-state index in [-0.39, 0.29) is 17.6 Å². The van der Waals surface area contributed by atoms with Gasteiger partial charge in [0.05, 0.1) is 5.54 Å². The summed E-state index contributed by atoms with van der Waals surface area (Å²) in [5.41, 5.74) is 3.27. The van der Waals surface area contributed by atoms with E-state index in [9.17, 15) is 4.79 Å². The number of hydrogen-bond donors (Lipinski definition) is 1. The van der Waals surface area contributed by atoms with Gasteiger partial charge in [-0.05, 0) is 57.2 Å². The summed E-state index contributed by atoms with van der Waals surface area (Å²) >= 11 is 0. The Balaban J connectivity index is 1.91. The number of carbonyl (C=O) groups excluding carboxylic acids is 1. The Morgan fingerprint density at radius 1 is 1.17 bits per heavy atom. The molecule has 1 aromatic rings. The van der Waals surface area contributed by atoms with Gasteiger partial charge in [0.25, 0.3) is 0 Å². The van der Waals surface area contributed by atoms with Crippen LogP contribution in [0.15, 0.2) is 30.3 Å². The number of amides is 1. The zero-order chi connectivity index (χ0) is 17.4. The van der Waals surface area contributed by atoms with E-state index in [0.29, 0.717) is 0 Å². The molecule has 0 bridgehead atoms. The van der Waals surface area contributed by atoms with Crippen molar-refractivity contribution in [3.8, 4) is 0 Å². The number of fused-ring (bicyclic) bond motifs is 1. The number of carbonyl (C=O) groups is 1. The summed E-state index contributed by atoms with van der Waals surface area (Å²) in [7, 11) is 0. The molecule has 1 aromatic carbocycles. The van der Waals surface area contributed by atoms with Crippen molar-refractivity contribution in [1.29, 1.82) is 0 Å². The lowest BCUT2D eigenvalue weighted by atomic mass is 9.71. The van der Waals surface area contributed by atoms with E-state index in [1.165, 1.54) is 23.1 Å². The van der Waals surface area contributed by atoms with Crippen LogP contribution in [0.2, 0.25) is 0 Å². The largest absolute Gasteiger partial charge is 0.444 e. The van der Waals surface area contributed by atoms with Crippen LogP contribution in [0.4, 0.5) is 4.79 Å². The van der Waals surface area contributed by atoms with Crippen molar-refractivity contribution in [1.82, 2.24) is 5.32 Å². The number of alkyl carbamates (subject to hydrolysis) is 1. The van der Waals surface area contributed by atoms with Crippen molar-refractivity contribution in [2.24, 2.45) is 0 Å². The van der Waals surface area contributed by atoms with Crippen LogP contribution in [0, 0.1) is 0 Å². The Hall–Kier alpha value is -1.77. The quantitative estimate of drug-likeness (QED) is 0.788. The van der Waals surface area contributed by atoms with Crippen molar-refractivity contribution in [2.45, 2.75) is 76.9 Å². The number of hydrogen-bond acceptors (Lipinski definition) is 2. The second-order valence-corrected chi connectivity index (χ2v) is 8.26. The van der Waals surface area contributed by atoms with Crippen LogP contribution in [0.5, 0.6) is 0 Å². The normalized spacial score (nSPS) is 22.5. The summed E-state index contributed by atoms with van der Waals surface area (Å²) in [6, 6.07) is 8.58. The maximum atomic E-state index is 12.5. The molecule has 130 valence electrons. The van der Waals surface area contributed by atoms with E-state index in [2.05, 4.69) is 42.6 Å². The molecule has 3 nitrogen and oxygen atoms in total. The highest BCUT2D eigenvalue weighted by Crippen LogP contribution is 2.47. The fourth-order valence-electron chi connectivity index (χ4n) is 4.22. The van der Waals surface area contributed by atoms with Crippen LogP contribution >= 0.6 is 0 Å². The van der Waals surface area contributed by atoms with Gasteiger partial charge in [0.1, 0.15) is 5.60 Å². The molecule has 24 heavy (non-hydrogen) atoms. The van der Waals surface area contributed by atoms with Gasteiger partial charge in [0, 0.05) is 5.92 Å². The van der Waals surface area contributed by atoms with Crippen molar-refractivity contribution >= 4 is 11.7 Å². The molecule has 1 saturated carbocycles. The zero-order valence-corrected chi connectivity index (χ0v) is 15.3. The summed E-state index contributed by atoms with van der Waals surface area (Å²) in [5, 5.41) is 3.29. The van der Waals surface area contributed by atoms with Crippen molar-refractivity contribution < 1.29 is 9.53 Å². The smallest absolute Gasteiger partial charge is 0.408 e. The van der Waals surface area contributed by atoms with Gasteiger partial charge in [0.15, 0.2) is 0 Å². The topological polar surface area (TPSA) is 38.3 Å². The third-order valence-electron chi connectivity index (χ3n) is 5.23. The van der Waals surface area contributed by atoms with Crippen LogP contribution in [0.1, 0.15) is 76.8 Å². The van der Waals surface area contributed by atoms with Gasteiger partial charge < -0.3 is 10.1 Å². The Morgan fingerprint density at radius 3 is 2.50 bits per heavy atom. The highest BCUT2D eigenvalue weighted by Gasteiger charge is 2.44. The first kappa shape index (κ1) is 17.1. The third-order valence-corrected chi connectivity index (χ3v) is 5.23. The predicted molar refractivity (Wildman–Crippen MR) is 98.0 cm³/mol. The number of rotatable bonds is 2. The Labute approximate surface area is 145 Å². The maximum absolute atomic E-state index is 12.5. The number of benzene rings is 1. The monoisotopic (exact) mass is 327 g/mol. The second kappa shape index (κ2) is 6.27. The summed E-state index contributed by atoms with van der Waals surface area (Å²) in [6.07, 6.45) is 7.62. The summed E-state index contributed by atoms with van der Waals surface area (Å²) in [5.74, 6) is 0.238. The van der Waals surface area contributed by atoms with E-state index in [4.69, 9.17) is 4.74 Å². The average Bonchev–Trinajstić information content (AvgIpc) is 2.84. The zero-order valence-electron chi connectivity index (χ0n) is 15.3. The van der Waals surface area contributed by atoms with Gasteiger partial charge in [-0.25, -0.2) is 4.79 Å². The maximum Gasteiger partial charge on any atom is 0.408 e. The van der Waals surface area contributed by atoms with Crippen LogP contribution in [0.25, 0.3) is 5.57 Å². The molecule has 1 N–H and O–H groups in total. The SMILES string of the molecule is CC1=CC(C2(NC(=O)OC(C)(C)C)CCCCC2)c2ccccc21. The van der Waals surface area contributed by atoms with Crippen LogP contribution in [0.3, 0.4) is 0 Å². The molecule has 0 saturated heterocycles. The number of allylic oxidation sites excluding steroid dienone is 1. The van der Waals surface area contributed by atoms with Crippen molar-refractivity contribution in [3.63, 3.8) is 0 Å². The van der Waals surface area contributed by atoms with Crippen LogP contribution < -0.4 is 5.32 Å². The molecule has 2 aliphatic carbocycles. The molecular weight excluding hydrogens is 298 g/mol. The number of nitrogens with one attached hydrogen (secondary N) is 1. The molecule has 3 rings (SSSR count). The van der Waals surface area contributed by atoms with Crippen LogP contribution in [-0.4, -0.2) is 17.2 Å². The molecule has 0 aliphatic heterocycles. The standard InChI is InChI=1S/C21H29NO2/c1-15-14-18(17-11-7-6-10-16(15)17)21(12-8-5-9-13-21)22-19(23)24-20(2,3)4/h6-7,10-11,14,18H,5,8-9,12-13H2,1-4H3,(H,22,23). The van der Waals surface area contributed by atoms with Gasteiger partial charge in [-0.3, -0.25) is 0 Å². The predicted octanol–water partition coefficient (Wildman–Crippen LogP) is 5.41. The molecule has 1 amide bonds. The summed E-state index contributed by atoms with van der Waals surface area (Å²) in [4.78, 5) is 12.5. The van der Waals surface area contributed by atoms with Crippen molar-refractivity contribution in [2.75, 3.05) is 0 Å².